The molecular weight excluding hydrogens is 292 g/mol. The summed E-state index contributed by atoms with van der Waals surface area (Å²) in [4.78, 5) is 16.1. The average molecular weight is 316 g/mol. The number of nitrogens with one attached hydrogen (secondary N) is 2. The van der Waals surface area contributed by atoms with E-state index in [0.29, 0.717) is 12.5 Å². The van der Waals surface area contributed by atoms with Crippen molar-refractivity contribution in [2.75, 3.05) is 6.61 Å². The summed E-state index contributed by atoms with van der Waals surface area (Å²) >= 11 is 0. The third kappa shape index (κ3) is 2.87. The van der Waals surface area contributed by atoms with Gasteiger partial charge in [0.25, 0.3) is 0 Å². The maximum Gasteiger partial charge on any atom is 0.235 e. The van der Waals surface area contributed by atoms with E-state index < -0.39 is 0 Å². The Kier molecular flexibility index (Phi) is 3.85. The molecule has 2 aromatic heterocycles. The molecule has 0 aromatic carbocycles. The Balaban J connectivity index is 1.43. The van der Waals surface area contributed by atoms with E-state index in [4.69, 9.17) is 9.47 Å². The van der Waals surface area contributed by atoms with Crippen molar-refractivity contribution < 1.29 is 9.47 Å². The van der Waals surface area contributed by atoms with Gasteiger partial charge in [-0.1, -0.05) is 13.8 Å². The Labute approximate surface area is 136 Å². The van der Waals surface area contributed by atoms with Gasteiger partial charge in [-0.3, -0.25) is 0 Å². The molecule has 2 aliphatic rings. The van der Waals surface area contributed by atoms with Crippen LogP contribution >= 0.6 is 0 Å². The van der Waals surface area contributed by atoms with Crippen LogP contribution in [0.1, 0.15) is 61.3 Å². The molecule has 2 unspecified atom stereocenters. The Morgan fingerprint density at radius 2 is 2.17 bits per heavy atom. The average Bonchev–Trinajstić information content (AvgIpc) is 3.17. The molecule has 23 heavy (non-hydrogen) atoms. The maximum absolute atomic E-state index is 6.01. The fraction of sp³-hybridized carbons (Fsp3) is 0.647. The van der Waals surface area contributed by atoms with Crippen molar-refractivity contribution >= 4 is 0 Å². The van der Waals surface area contributed by atoms with Crippen LogP contribution in [-0.4, -0.2) is 32.6 Å². The first-order chi connectivity index (χ1) is 11.2. The summed E-state index contributed by atoms with van der Waals surface area (Å²) in [6.07, 6.45) is 5.06. The van der Waals surface area contributed by atoms with Crippen LogP contribution in [0, 0.1) is 0 Å². The van der Waals surface area contributed by atoms with E-state index in [0.717, 1.165) is 67.6 Å². The lowest BCUT2D eigenvalue weighted by molar-refractivity contribution is 0.0168. The lowest BCUT2D eigenvalue weighted by Crippen LogP contribution is -2.24. The normalized spacial score (nSPS) is 21.4. The van der Waals surface area contributed by atoms with Crippen LogP contribution < -0.4 is 4.74 Å². The fourth-order valence-electron chi connectivity index (χ4n) is 3.45. The molecule has 2 aromatic rings. The van der Waals surface area contributed by atoms with Crippen molar-refractivity contribution in [3.8, 4) is 5.88 Å². The molecule has 4 rings (SSSR count). The summed E-state index contributed by atoms with van der Waals surface area (Å²) in [5.74, 6) is 3.19. The molecule has 0 spiro atoms. The number of ether oxygens (including phenoxy) is 2. The fourth-order valence-corrected chi connectivity index (χ4v) is 3.45. The molecule has 124 valence electrons. The number of aromatic amines is 2. The number of rotatable bonds is 4. The smallest absolute Gasteiger partial charge is 0.235 e. The van der Waals surface area contributed by atoms with Gasteiger partial charge in [0.05, 0.1) is 36.4 Å². The third-order valence-corrected chi connectivity index (χ3v) is 4.78. The van der Waals surface area contributed by atoms with E-state index in [9.17, 15) is 0 Å². The van der Waals surface area contributed by atoms with Crippen molar-refractivity contribution in [1.82, 2.24) is 19.9 Å². The molecule has 2 aliphatic heterocycles. The predicted molar refractivity (Wildman–Crippen MR) is 85.7 cm³/mol. The van der Waals surface area contributed by atoms with Crippen molar-refractivity contribution in [2.45, 2.75) is 64.6 Å². The van der Waals surface area contributed by atoms with Gasteiger partial charge in [-0.2, -0.15) is 4.98 Å². The number of imidazole rings is 2. The molecule has 0 bridgehead atoms. The first-order valence-electron chi connectivity index (χ1n) is 8.62. The van der Waals surface area contributed by atoms with Crippen molar-refractivity contribution in [2.24, 2.45) is 0 Å². The molecule has 2 atom stereocenters. The highest BCUT2D eigenvalue weighted by Crippen LogP contribution is 2.29. The topological polar surface area (TPSA) is 75.8 Å². The van der Waals surface area contributed by atoms with Crippen molar-refractivity contribution in [1.29, 1.82) is 0 Å². The first kappa shape index (κ1) is 14.8. The quantitative estimate of drug-likeness (QED) is 0.909. The van der Waals surface area contributed by atoms with E-state index in [1.165, 1.54) is 5.69 Å². The molecule has 0 saturated carbocycles. The zero-order valence-corrected chi connectivity index (χ0v) is 13.8. The molecule has 4 heterocycles. The third-order valence-electron chi connectivity index (χ3n) is 4.78. The molecule has 0 amide bonds. The number of aromatic nitrogens is 4. The van der Waals surface area contributed by atoms with Crippen LogP contribution in [0.25, 0.3) is 0 Å². The number of hydrogen-bond donors (Lipinski definition) is 2. The predicted octanol–water partition coefficient (Wildman–Crippen LogP) is 2.66. The Morgan fingerprint density at radius 3 is 3.00 bits per heavy atom. The van der Waals surface area contributed by atoms with E-state index in [1.807, 2.05) is 0 Å². The number of hydrogen-bond acceptors (Lipinski definition) is 4. The van der Waals surface area contributed by atoms with Gasteiger partial charge < -0.3 is 19.4 Å². The summed E-state index contributed by atoms with van der Waals surface area (Å²) in [7, 11) is 0. The van der Waals surface area contributed by atoms with Crippen molar-refractivity contribution in [3.63, 3.8) is 0 Å². The molecule has 0 aliphatic carbocycles. The SMILES string of the molecule is CCc1nc2c([nH]1)COC(CC(C)c1nc3c([nH]1)CCCO3)C2. The van der Waals surface area contributed by atoms with Crippen LogP contribution in [0.15, 0.2) is 0 Å². The zero-order valence-electron chi connectivity index (χ0n) is 13.8. The van der Waals surface area contributed by atoms with E-state index >= 15 is 0 Å². The highest BCUT2D eigenvalue weighted by Gasteiger charge is 2.26. The Bertz CT molecular complexity index is 667. The maximum atomic E-state index is 6.01. The monoisotopic (exact) mass is 316 g/mol. The van der Waals surface area contributed by atoms with E-state index in [-0.39, 0.29) is 6.10 Å². The molecule has 2 N–H and O–H groups in total. The first-order valence-corrected chi connectivity index (χ1v) is 8.62. The summed E-state index contributed by atoms with van der Waals surface area (Å²) < 4.78 is 11.6. The molecule has 0 saturated heterocycles. The van der Waals surface area contributed by atoms with Gasteiger partial charge in [0, 0.05) is 18.8 Å². The van der Waals surface area contributed by atoms with Crippen LogP contribution in [0.4, 0.5) is 0 Å². The van der Waals surface area contributed by atoms with Gasteiger partial charge in [-0.15, -0.1) is 0 Å². The van der Waals surface area contributed by atoms with Gasteiger partial charge in [-0.05, 0) is 19.3 Å². The second kappa shape index (κ2) is 6.00. The van der Waals surface area contributed by atoms with Crippen LogP contribution in [-0.2, 0) is 30.6 Å². The summed E-state index contributed by atoms with van der Waals surface area (Å²) in [6.45, 7) is 5.73. The van der Waals surface area contributed by atoms with Crippen LogP contribution in [0.3, 0.4) is 0 Å². The summed E-state index contributed by atoms with van der Waals surface area (Å²) in [5, 5.41) is 0. The lowest BCUT2D eigenvalue weighted by atomic mass is 9.98. The Morgan fingerprint density at radius 1 is 1.26 bits per heavy atom. The van der Waals surface area contributed by atoms with Crippen LogP contribution in [0.5, 0.6) is 5.88 Å². The second-order valence-electron chi connectivity index (χ2n) is 6.59. The van der Waals surface area contributed by atoms with Gasteiger partial charge in [-0.25, -0.2) is 4.98 Å². The molecule has 6 nitrogen and oxygen atoms in total. The molecular formula is C17H24N4O2. The van der Waals surface area contributed by atoms with Gasteiger partial charge >= 0.3 is 0 Å². The minimum absolute atomic E-state index is 0.202. The van der Waals surface area contributed by atoms with Crippen molar-refractivity contribution in [3.05, 3.63) is 28.7 Å². The number of H-pyrrole nitrogens is 2. The molecule has 6 heteroatoms. The summed E-state index contributed by atoms with van der Waals surface area (Å²) in [6, 6.07) is 0. The van der Waals surface area contributed by atoms with Crippen LogP contribution in [0.2, 0.25) is 0 Å². The summed E-state index contributed by atoms with van der Waals surface area (Å²) in [5.41, 5.74) is 3.46. The largest absolute Gasteiger partial charge is 0.476 e. The van der Waals surface area contributed by atoms with Gasteiger partial charge in [0.2, 0.25) is 5.88 Å². The second-order valence-corrected chi connectivity index (χ2v) is 6.59. The van der Waals surface area contributed by atoms with E-state index in [2.05, 4.69) is 33.8 Å². The Hall–Kier alpha value is -1.82. The van der Waals surface area contributed by atoms with Gasteiger partial charge in [0.15, 0.2) is 0 Å². The van der Waals surface area contributed by atoms with Gasteiger partial charge in [0.1, 0.15) is 11.6 Å². The number of nitrogens with zero attached hydrogens (tertiary/aromatic N) is 2. The highest BCUT2D eigenvalue weighted by atomic mass is 16.5. The highest BCUT2D eigenvalue weighted by molar-refractivity contribution is 5.24. The standard InChI is InChI=1S/C17H24N4O2/c1-3-15-18-13-8-11(23-9-14(13)19-15)7-10(2)16-20-12-5-4-6-22-17(12)21-16/h10-11H,3-9H2,1-2H3,(H,18,19)(H,20,21). The number of fused-ring (bicyclic) bond motifs is 2. The zero-order chi connectivity index (χ0) is 15.8. The molecule has 0 radical (unpaired) electrons. The minimum Gasteiger partial charge on any atom is -0.476 e. The number of aryl methyl sites for hydroxylation is 2. The minimum atomic E-state index is 0.202. The van der Waals surface area contributed by atoms with E-state index in [1.54, 1.807) is 0 Å². The molecule has 0 fully saturated rings. The lowest BCUT2D eigenvalue weighted by Gasteiger charge is -2.24.